The van der Waals surface area contributed by atoms with E-state index in [0.29, 0.717) is 37.9 Å². The first-order valence-corrected chi connectivity index (χ1v) is 7.37. The number of nitrogens with two attached hydrogens (primary N) is 1. The fraction of sp³-hybridized carbons (Fsp3) is 0.846. The van der Waals surface area contributed by atoms with Gasteiger partial charge < -0.3 is 20.1 Å². The molecule has 1 amide bonds. The summed E-state index contributed by atoms with van der Waals surface area (Å²) in [6.07, 6.45) is -0.445. The van der Waals surface area contributed by atoms with Crippen LogP contribution in [0.4, 0.5) is 0 Å². The van der Waals surface area contributed by atoms with E-state index in [4.69, 9.17) is 27.4 Å². The van der Waals surface area contributed by atoms with Gasteiger partial charge in [-0.1, -0.05) is 12.2 Å². The van der Waals surface area contributed by atoms with E-state index in [1.54, 1.807) is 0 Å². The van der Waals surface area contributed by atoms with Crippen molar-refractivity contribution in [2.24, 2.45) is 5.73 Å². The first kappa shape index (κ1) is 15.6. The topological polar surface area (TPSA) is 68.0 Å². The summed E-state index contributed by atoms with van der Waals surface area (Å²) >= 11 is 5.11. The highest BCUT2D eigenvalue weighted by Gasteiger charge is 2.35. The van der Waals surface area contributed by atoms with Gasteiger partial charge in [0.2, 0.25) is 0 Å². The molecule has 1 unspecified atom stereocenters. The molecule has 114 valence electrons. The molecule has 6 nitrogen and oxygen atoms in total. The van der Waals surface area contributed by atoms with Gasteiger partial charge in [0.25, 0.3) is 5.91 Å². The summed E-state index contributed by atoms with van der Waals surface area (Å²) in [6.45, 7) is 8.33. The highest BCUT2D eigenvalue weighted by atomic mass is 32.1. The van der Waals surface area contributed by atoms with E-state index in [9.17, 15) is 4.79 Å². The van der Waals surface area contributed by atoms with E-state index in [-0.39, 0.29) is 11.4 Å². The molecule has 0 bridgehead atoms. The van der Waals surface area contributed by atoms with Gasteiger partial charge in [-0.2, -0.15) is 0 Å². The number of piperazine rings is 1. The van der Waals surface area contributed by atoms with Crippen molar-refractivity contribution in [3.63, 3.8) is 0 Å². The summed E-state index contributed by atoms with van der Waals surface area (Å²) in [4.78, 5) is 16.8. The lowest BCUT2D eigenvalue weighted by Gasteiger charge is -2.44. The number of rotatable bonds is 3. The second kappa shape index (κ2) is 6.34. The van der Waals surface area contributed by atoms with Gasteiger partial charge in [-0.05, 0) is 13.8 Å². The van der Waals surface area contributed by atoms with Crippen molar-refractivity contribution in [3.8, 4) is 0 Å². The third kappa shape index (κ3) is 3.28. The van der Waals surface area contributed by atoms with Crippen molar-refractivity contribution in [3.05, 3.63) is 0 Å². The molecule has 2 aliphatic heterocycles. The van der Waals surface area contributed by atoms with Gasteiger partial charge >= 0.3 is 0 Å². The van der Waals surface area contributed by atoms with E-state index in [1.807, 2.05) is 18.7 Å². The quantitative estimate of drug-likeness (QED) is 0.716. The van der Waals surface area contributed by atoms with Gasteiger partial charge in [0.15, 0.2) is 6.10 Å². The predicted octanol–water partition coefficient (Wildman–Crippen LogP) is -0.389. The lowest BCUT2D eigenvalue weighted by atomic mass is 10.0. The molecule has 20 heavy (non-hydrogen) atoms. The molecule has 0 saturated carbocycles. The monoisotopic (exact) mass is 301 g/mol. The van der Waals surface area contributed by atoms with Crippen LogP contribution in [0.25, 0.3) is 0 Å². The molecule has 2 saturated heterocycles. The molecule has 0 aliphatic carbocycles. The molecule has 2 aliphatic rings. The zero-order valence-electron chi connectivity index (χ0n) is 12.1. The fourth-order valence-electron chi connectivity index (χ4n) is 2.48. The Kier molecular flexibility index (Phi) is 4.95. The normalized spacial score (nSPS) is 25.5. The number of amides is 1. The van der Waals surface area contributed by atoms with Crippen LogP contribution in [0.2, 0.25) is 0 Å². The number of hydrogen-bond acceptors (Lipinski definition) is 5. The average Bonchev–Trinajstić information content (AvgIpc) is 2.47. The van der Waals surface area contributed by atoms with Crippen LogP contribution in [0.15, 0.2) is 0 Å². The van der Waals surface area contributed by atoms with Crippen LogP contribution in [-0.2, 0) is 14.3 Å². The van der Waals surface area contributed by atoms with Gasteiger partial charge in [0.1, 0.15) is 0 Å². The van der Waals surface area contributed by atoms with Crippen molar-refractivity contribution in [1.29, 1.82) is 0 Å². The third-order valence-electron chi connectivity index (χ3n) is 4.08. The smallest absolute Gasteiger partial charge is 0.254 e. The molecule has 2 N–H and O–H groups in total. The minimum Gasteiger partial charge on any atom is -0.392 e. The van der Waals surface area contributed by atoms with Crippen molar-refractivity contribution >= 4 is 23.1 Å². The summed E-state index contributed by atoms with van der Waals surface area (Å²) in [5, 5.41) is 0. The van der Waals surface area contributed by atoms with Crippen LogP contribution in [0.3, 0.4) is 0 Å². The van der Waals surface area contributed by atoms with Crippen LogP contribution in [0.1, 0.15) is 13.8 Å². The molecule has 0 aromatic carbocycles. The molecule has 0 aromatic rings. The molecule has 2 rings (SSSR count). The summed E-state index contributed by atoms with van der Waals surface area (Å²) in [6, 6.07) is 0. The first-order valence-electron chi connectivity index (χ1n) is 6.96. The van der Waals surface area contributed by atoms with E-state index in [0.717, 1.165) is 13.1 Å². The Labute approximate surface area is 125 Å². The SMILES string of the molecule is CC(C)(C(N)=S)N1CCN(C(=O)C2COCCO2)CC1. The molecule has 2 heterocycles. The standard InChI is InChI=1S/C13H23N3O3S/c1-13(2,12(14)20)16-5-3-15(4-6-16)11(17)10-9-18-7-8-19-10/h10H,3-9H2,1-2H3,(H2,14,20). The average molecular weight is 301 g/mol. The number of carbonyl (C=O) groups is 1. The van der Waals surface area contributed by atoms with Crippen molar-refractivity contribution in [1.82, 2.24) is 9.80 Å². The number of ether oxygens (including phenoxy) is 2. The number of carbonyl (C=O) groups excluding carboxylic acids is 1. The largest absolute Gasteiger partial charge is 0.392 e. The van der Waals surface area contributed by atoms with Gasteiger partial charge in [-0.25, -0.2) is 0 Å². The Morgan fingerprint density at radius 3 is 2.40 bits per heavy atom. The summed E-state index contributed by atoms with van der Waals surface area (Å²) in [5.41, 5.74) is 5.47. The van der Waals surface area contributed by atoms with Gasteiger partial charge in [-0.3, -0.25) is 9.69 Å². The van der Waals surface area contributed by atoms with Gasteiger partial charge in [0, 0.05) is 26.2 Å². The first-order chi connectivity index (χ1) is 9.43. The Morgan fingerprint density at radius 2 is 1.90 bits per heavy atom. The van der Waals surface area contributed by atoms with Crippen LogP contribution in [0.5, 0.6) is 0 Å². The number of hydrogen-bond donors (Lipinski definition) is 1. The van der Waals surface area contributed by atoms with E-state index in [2.05, 4.69) is 4.90 Å². The molecular formula is C13H23N3O3S. The Morgan fingerprint density at radius 1 is 1.25 bits per heavy atom. The Hall–Kier alpha value is -0.760. The molecule has 2 fully saturated rings. The summed E-state index contributed by atoms with van der Waals surface area (Å²) in [7, 11) is 0. The molecule has 0 aromatic heterocycles. The van der Waals surface area contributed by atoms with E-state index < -0.39 is 6.10 Å². The van der Waals surface area contributed by atoms with E-state index in [1.165, 1.54) is 0 Å². The lowest BCUT2D eigenvalue weighted by Crippen LogP contribution is -2.61. The summed E-state index contributed by atoms with van der Waals surface area (Å²) < 4.78 is 10.7. The second-order valence-corrected chi connectivity index (χ2v) is 6.11. The fourth-order valence-corrected chi connectivity index (χ4v) is 2.60. The molecule has 1 atom stereocenters. The van der Waals surface area contributed by atoms with Crippen molar-refractivity contribution in [2.75, 3.05) is 46.0 Å². The maximum absolute atomic E-state index is 12.3. The van der Waals surface area contributed by atoms with Crippen LogP contribution in [0, 0.1) is 0 Å². The second-order valence-electron chi connectivity index (χ2n) is 5.67. The van der Waals surface area contributed by atoms with Crippen LogP contribution < -0.4 is 5.73 Å². The van der Waals surface area contributed by atoms with Crippen LogP contribution in [-0.4, -0.2) is 78.3 Å². The Balaban J connectivity index is 1.87. The zero-order chi connectivity index (χ0) is 14.8. The Bertz CT molecular complexity index is 375. The van der Waals surface area contributed by atoms with Gasteiger partial charge in [-0.15, -0.1) is 0 Å². The van der Waals surface area contributed by atoms with Gasteiger partial charge in [0.05, 0.1) is 30.3 Å². The third-order valence-corrected chi connectivity index (χ3v) is 4.58. The number of nitrogens with zero attached hydrogens (tertiary/aromatic N) is 2. The molecular weight excluding hydrogens is 278 g/mol. The van der Waals surface area contributed by atoms with Crippen molar-refractivity contribution < 1.29 is 14.3 Å². The molecule has 7 heteroatoms. The maximum atomic E-state index is 12.3. The predicted molar refractivity (Wildman–Crippen MR) is 79.6 cm³/mol. The molecule has 0 radical (unpaired) electrons. The highest BCUT2D eigenvalue weighted by molar-refractivity contribution is 7.80. The van der Waals surface area contributed by atoms with Crippen LogP contribution >= 0.6 is 12.2 Å². The molecule has 0 spiro atoms. The van der Waals surface area contributed by atoms with Crippen molar-refractivity contribution in [2.45, 2.75) is 25.5 Å². The minimum atomic E-state index is -0.445. The highest BCUT2D eigenvalue weighted by Crippen LogP contribution is 2.18. The number of thiocarbonyl (C=S) groups is 1. The zero-order valence-corrected chi connectivity index (χ0v) is 12.9. The lowest BCUT2D eigenvalue weighted by molar-refractivity contribution is -0.159. The maximum Gasteiger partial charge on any atom is 0.254 e. The minimum absolute atomic E-state index is 0.0254. The summed E-state index contributed by atoms with van der Waals surface area (Å²) in [5.74, 6) is 0.0254. The van der Waals surface area contributed by atoms with E-state index >= 15 is 0 Å².